The fourth-order valence-electron chi connectivity index (χ4n) is 4.51. The van der Waals surface area contributed by atoms with Crippen LogP contribution in [0.2, 0.25) is 0 Å². The molecule has 0 aromatic heterocycles. The maximum atomic E-state index is 11.6. The molecule has 0 saturated carbocycles. The summed E-state index contributed by atoms with van der Waals surface area (Å²) in [6.07, 6.45) is -6.41. The third-order valence-corrected chi connectivity index (χ3v) is 11.8. The summed E-state index contributed by atoms with van der Waals surface area (Å²) in [5.41, 5.74) is -2.98. The van der Waals surface area contributed by atoms with Crippen molar-refractivity contribution in [3.8, 4) is 0 Å². The third kappa shape index (κ3) is 111. The number of halogens is 20. The average molecular weight is 1870 g/mol. The van der Waals surface area contributed by atoms with Crippen molar-refractivity contribution in [1.82, 2.24) is 0 Å². The first-order valence-corrected chi connectivity index (χ1v) is 24.3. The van der Waals surface area contributed by atoms with Gasteiger partial charge in [-0.1, -0.05) is 294 Å². The van der Waals surface area contributed by atoms with Crippen LogP contribution in [0.1, 0.15) is 240 Å². The number of hydrogen-bond acceptors (Lipinski definition) is 10. The first-order valence-electron chi connectivity index (χ1n) is 24.3. The molecule has 0 rings (SSSR count). The molecule has 0 saturated heterocycles. The van der Waals surface area contributed by atoms with Crippen LogP contribution in [0.3, 0.4) is 0 Å². The second-order valence-corrected chi connectivity index (χ2v) is 29.7. The minimum atomic E-state index is -0.755. The van der Waals surface area contributed by atoms with Crippen molar-refractivity contribution in [3.63, 3.8) is 0 Å². The van der Waals surface area contributed by atoms with E-state index in [9.17, 15) is 51.1 Å². The third-order valence-electron chi connectivity index (χ3n) is 11.8. The molecule has 0 aromatic rings. The van der Waals surface area contributed by atoms with Gasteiger partial charge in [0.2, 0.25) is 0 Å². The molecule has 0 bridgehead atoms. The standard InChI is InChI=1S/5C11H22O2.20FH.6Nb/c5*1-10(2,3)8(12)7-9(13)11(4,5)6;;;;;;;;;;;;;;;;;;;;;;;;;;/h5*8-9H,7H2,1-6H3;20*1H;;;;;;/q5*-2;;;;;;;;;;;;;;;;;;;;;6*+5/p-20. The zero-order valence-corrected chi connectivity index (χ0v) is 71.8. The van der Waals surface area contributed by atoms with Gasteiger partial charge in [-0.05, 0) is 0 Å². The average Bonchev–Trinajstić information content (AvgIpc) is 3.01. The minimum absolute atomic E-state index is 0. The van der Waals surface area contributed by atoms with Gasteiger partial charge in [-0.2, -0.15) is 0 Å². The van der Waals surface area contributed by atoms with E-state index >= 15 is 0 Å². The fourth-order valence-corrected chi connectivity index (χ4v) is 4.51. The summed E-state index contributed by atoms with van der Waals surface area (Å²) in [5.74, 6) is 0. The van der Waals surface area contributed by atoms with Crippen molar-refractivity contribution in [2.24, 2.45) is 54.1 Å². The molecule has 0 aliphatic heterocycles. The summed E-state index contributed by atoms with van der Waals surface area (Å²) in [7, 11) is 0. The van der Waals surface area contributed by atoms with Crippen molar-refractivity contribution in [1.29, 1.82) is 0 Å². The molecule has 0 N–H and O–H groups in total. The molecule has 560 valence electrons. The Kier molecular flexibility index (Phi) is 184. The Morgan fingerprint density at radius 3 is 0.187 bits per heavy atom. The van der Waals surface area contributed by atoms with Crippen LogP contribution in [-0.2, 0) is 134 Å². The van der Waals surface area contributed by atoms with Crippen molar-refractivity contribution >= 4 is 0 Å². The first kappa shape index (κ1) is 205. The molecule has 0 spiro atoms. The van der Waals surface area contributed by atoms with Gasteiger partial charge in [-0.15, -0.1) is 61.0 Å². The summed E-state index contributed by atoms with van der Waals surface area (Å²) in [6, 6.07) is 0. The smallest absolute Gasteiger partial charge is 1.00 e. The molecule has 0 radical (unpaired) electrons. The Balaban J connectivity index is -0.0000000159. The van der Waals surface area contributed by atoms with Gasteiger partial charge in [0, 0.05) is 0 Å². The predicted molar refractivity (Wildman–Crippen MR) is 256 cm³/mol. The fraction of sp³-hybridized carbons (Fsp3) is 1.00. The van der Waals surface area contributed by atoms with Crippen LogP contribution in [0.15, 0.2) is 0 Å². The van der Waals surface area contributed by atoms with Crippen molar-refractivity contribution < 1.29 is 279 Å². The van der Waals surface area contributed by atoms with E-state index in [2.05, 4.69) is 0 Å². The molecular formula is C55H110F20Nb6O10. The van der Waals surface area contributed by atoms with Gasteiger partial charge in [-0.25, -0.2) is 0 Å². The van der Waals surface area contributed by atoms with E-state index in [0.29, 0.717) is 0 Å². The SMILES string of the molecule is CC(C)(C)C([O-])CC([O-])C(C)(C)C.CC(C)(C)C([O-])CC([O-])C(C)(C)C.CC(C)(C)C([O-])CC([O-])C(C)(C)C.CC(C)(C)C([O-])CC([O-])C(C)(C)C.CC(C)(C)C([O-])CC([O-])C(C)(C)C.[F-].[F-].[F-].[F-].[F-].[F-].[F-].[F-].[F-].[F-].[F-].[F-].[F-].[F-].[F-].[F-].[F-].[F-].[F-].[F-].[Nb+5].[Nb+5].[Nb+5].[Nb+5].[Nb+5].[Nb+5]. The molecule has 0 aliphatic carbocycles. The van der Waals surface area contributed by atoms with E-state index < -0.39 is 61.0 Å². The van der Waals surface area contributed by atoms with E-state index in [1.165, 1.54) is 0 Å². The molecular weight excluding hydrogens is 1760 g/mol. The van der Waals surface area contributed by atoms with Gasteiger partial charge in [0.15, 0.2) is 0 Å². The molecule has 0 aromatic carbocycles. The maximum Gasteiger partial charge on any atom is 5.00 e. The second-order valence-electron chi connectivity index (χ2n) is 29.7. The topological polar surface area (TPSA) is 231 Å². The van der Waals surface area contributed by atoms with E-state index in [0.717, 1.165) is 0 Å². The molecule has 10 atom stereocenters. The van der Waals surface area contributed by atoms with Crippen LogP contribution in [0.25, 0.3) is 0 Å². The Labute approximate surface area is 629 Å². The van der Waals surface area contributed by atoms with Gasteiger partial charge in [0.25, 0.3) is 0 Å². The largest absolute Gasteiger partial charge is 5.00 e. The molecule has 0 fully saturated rings. The molecule has 91 heavy (non-hydrogen) atoms. The Bertz CT molecular complexity index is 982. The molecule has 10 unspecified atom stereocenters. The van der Waals surface area contributed by atoms with Crippen LogP contribution < -0.4 is 145 Å². The van der Waals surface area contributed by atoms with Crippen LogP contribution in [0.4, 0.5) is 0 Å². The molecule has 0 heterocycles. The van der Waals surface area contributed by atoms with Gasteiger partial charge < -0.3 is 145 Å². The summed E-state index contributed by atoms with van der Waals surface area (Å²) < 4.78 is 0. The summed E-state index contributed by atoms with van der Waals surface area (Å²) in [5, 5.41) is 116. The van der Waals surface area contributed by atoms with Crippen molar-refractivity contribution in [2.45, 2.75) is 301 Å². The van der Waals surface area contributed by atoms with Crippen LogP contribution in [0, 0.1) is 54.1 Å². The van der Waals surface area contributed by atoms with E-state index in [1.54, 1.807) is 0 Å². The van der Waals surface area contributed by atoms with E-state index in [1.807, 2.05) is 208 Å². The second kappa shape index (κ2) is 81.6. The monoisotopic (exact) mass is 1870 g/mol. The molecule has 0 amide bonds. The zero-order chi connectivity index (χ0) is 54.3. The van der Waals surface area contributed by atoms with Crippen molar-refractivity contribution in [2.75, 3.05) is 0 Å². The number of rotatable bonds is 10. The molecule has 0 aliphatic rings. The van der Waals surface area contributed by atoms with Crippen LogP contribution >= 0.6 is 0 Å². The molecule has 36 heteroatoms. The van der Waals surface area contributed by atoms with Crippen LogP contribution in [0.5, 0.6) is 0 Å². The van der Waals surface area contributed by atoms with Gasteiger partial charge >= 0.3 is 134 Å². The normalized spacial score (nSPS) is 13.2. The quantitative estimate of drug-likeness (QED) is 0.148. The Morgan fingerprint density at radius 2 is 0.165 bits per heavy atom. The van der Waals surface area contributed by atoms with E-state index in [4.69, 9.17) is 0 Å². The van der Waals surface area contributed by atoms with Gasteiger partial charge in [0.05, 0.1) is 0 Å². The Morgan fingerprint density at radius 1 is 0.132 bits per heavy atom. The maximum absolute atomic E-state index is 11.6. The number of hydrogen-bond donors (Lipinski definition) is 0. The van der Waals surface area contributed by atoms with Gasteiger partial charge in [0.1, 0.15) is 0 Å². The summed E-state index contributed by atoms with van der Waals surface area (Å²) in [4.78, 5) is 0. The zero-order valence-electron chi connectivity index (χ0n) is 58.6. The van der Waals surface area contributed by atoms with Crippen LogP contribution in [-0.4, -0.2) is 61.0 Å². The minimum Gasteiger partial charge on any atom is -1.00 e. The predicted octanol–water partition coefficient (Wildman–Crippen LogP) is -55.3. The first-order chi connectivity index (χ1) is 27.7. The summed E-state index contributed by atoms with van der Waals surface area (Å²) >= 11 is 0. The van der Waals surface area contributed by atoms with E-state index in [-0.39, 0.29) is 315 Å². The van der Waals surface area contributed by atoms with Gasteiger partial charge in [-0.3, -0.25) is 0 Å². The summed E-state index contributed by atoms with van der Waals surface area (Å²) in [6.45, 7) is 56.7. The van der Waals surface area contributed by atoms with Crippen molar-refractivity contribution in [3.05, 3.63) is 0 Å². The molecule has 10 nitrogen and oxygen atoms in total. The Hall–Kier alpha value is 2.64.